The number of aromatic nitrogens is 1. The number of para-hydroxylation sites is 1. The first kappa shape index (κ1) is 16.2. The predicted octanol–water partition coefficient (Wildman–Crippen LogP) is 8.51. The van der Waals surface area contributed by atoms with E-state index in [0.29, 0.717) is 0 Å². The molecule has 2 heterocycles. The van der Waals surface area contributed by atoms with Crippen LogP contribution in [0.5, 0.6) is 0 Å². The van der Waals surface area contributed by atoms with E-state index in [1.165, 1.54) is 63.9 Å². The fourth-order valence-corrected chi connectivity index (χ4v) is 6.19. The average molecular weight is 400 g/mol. The highest BCUT2D eigenvalue weighted by atomic mass is 32.1. The number of benzene rings is 5. The molecule has 140 valence electrons. The van der Waals surface area contributed by atoms with Crippen molar-refractivity contribution in [3.05, 3.63) is 97.1 Å². The van der Waals surface area contributed by atoms with Crippen LogP contribution in [0.4, 0.5) is 0 Å². The van der Waals surface area contributed by atoms with Gasteiger partial charge in [-0.15, -0.1) is 11.3 Å². The Bertz CT molecular complexity index is 1730. The molecule has 0 amide bonds. The van der Waals surface area contributed by atoms with Crippen molar-refractivity contribution in [2.75, 3.05) is 0 Å². The minimum Gasteiger partial charge on any atom is -0.354 e. The third kappa shape index (κ3) is 2.11. The number of fused-ring (bicyclic) bond motifs is 9. The van der Waals surface area contributed by atoms with Gasteiger partial charge in [-0.25, -0.2) is 0 Å². The Hall–Kier alpha value is -3.62. The van der Waals surface area contributed by atoms with Gasteiger partial charge in [0.1, 0.15) is 0 Å². The van der Waals surface area contributed by atoms with E-state index in [1.807, 2.05) is 11.3 Å². The number of rotatable bonds is 1. The molecule has 0 spiro atoms. The van der Waals surface area contributed by atoms with Crippen LogP contribution in [0.3, 0.4) is 0 Å². The summed E-state index contributed by atoms with van der Waals surface area (Å²) in [6.45, 7) is 0. The topological polar surface area (TPSA) is 15.8 Å². The normalized spacial score (nSPS) is 12.0. The lowest BCUT2D eigenvalue weighted by molar-refractivity contribution is 1.55. The Morgan fingerprint density at radius 3 is 2.23 bits per heavy atom. The standard InChI is InChI=1S/C28H17NS/c1-2-8-17(9-3-1)21-16-23-25(20-12-6-7-13-22(20)29-23)28-27(21)26-19-11-5-4-10-18(19)14-15-24(26)30-28/h1-16,29H. The highest BCUT2D eigenvalue weighted by molar-refractivity contribution is 7.27. The van der Waals surface area contributed by atoms with Gasteiger partial charge in [0.15, 0.2) is 0 Å². The van der Waals surface area contributed by atoms with Crippen molar-refractivity contribution in [3.63, 3.8) is 0 Å². The molecule has 30 heavy (non-hydrogen) atoms. The molecule has 0 aliphatic heterocycles. The van der Waals surface area contributed by atoms with Gasteiger partial charge in [0.05, 0.1) is 0 Å². The zero-order valence-electron chi connectivity index (χ0n) is 16.1. The van der Waals surface area contributed by atoms with Crippen molar-refractivity contribution >= 4 is 64.1 Å². The Morgan fingerprint density at radius 2 is 1.33 bits per heavy atom. The number of H-pyrrole nitrogens is 1. The Morgan fingerprint density at radius 1 is 0.567 bits per heavy atom. The molecule has 2 heteroatoms. The minimum absolute atomic E-state index is 1.20. The molecule has 1 nitrogen and oxygen atoms in total. The number of hydrogen-bond acceptors (Lipinski definition) is 1. The summed E-state index contributed by atoms with van der Waals surface area (Å²) < 4.78 is 2.72. The van der Waals surface area contributed by atoms with E-state index in [9.17, 15) is 0 Å². The summed E-state index contributed by atoms with van der Waals surface area (Å²) in [5.41, 5.74) is 4.96. The average Bonchev–Trinajstić information content (AvgIpc) is 3.37. The van der Waals surface area contributed by atoms with E-state index in [4.69, 9.17) is 0 Å². The Labute approximate surface area is 177 Å². The fourth-order valence-electron chi connectivity index (χ4n) is 4.88. The van der Waals surface area contributed by atoms with Crippen LogP contribution in [0.25, 0.3) is 63.9 Å². The first-order chi connectivity index (χ1) is 14.9. The lowest BCUT2D eigenvalue weighted by Crippen LogP contribution is -1.82. The van der Waals surface area contributed by atoms with Crippen LogP contribution < -0.4 is 0 Å². The monoisotopic (exact) mass is 399 g/mol. The molecule has 0 bridgehead atoms. The lowest BCUT2D eigenvalue weighted by atomic mass is 9.95. The van der Waals surface area contributed by atoms with E-state index in [-0.39, 0.29) is 0 Å². The Balaban J connectivity index is 1.81. The summed E-state index contributed by atoms with van der Waals surface area (Å²) in [4.78, 5) is 3.67. The first-order valence-corrected chi connectivity index (χ1v) is 11.0. The van der Waals surface area contributed by atoms with Gasteiger partial charge in [-0.05, 0) is 40.1 Å². The van der Waals surface area contributed by atoms with Crippen LogP contribution in [0.2, 0.25) is 0 Å². The van der Waals surface area contributed by atoms with Gasteiger partial charge >= 0.3 is 0 Å². The molecule has 5 aromatic carbocycles. The van der Waals surface area contributed by atoms with Gasteiger partial charge in [0, 0.05) is 42.0 Å². The van der Waals surface area contributed by atoms with Gasteiger partial charge in [0.25, 0.3) is 0 Å². The second-order valence-electron chi connectivity index (χ2n) is 7.85. The molecule has 0 atom stereocenters. The molecule has 0 radical (unpaired) electrons. The van der Waals surface area contributed by atoms with Crippen molar-refractivity contribution in [2.24, 2.45) is 0 Å². The van der Waals surface area contributed by atoms with E-state index >= 15 is 0 Å². The van der Waals surface area contributed by atoms with Crippen molar-refractivity contribution < 1.29 is 0 Å². The third-order valence-corrected chi connectivity index (χ3v) is 7.36. The van der Waals surface area contributed by atoms with Crippen LogP contribution in [0, 0.1) is 0 Å². The maximum atomic E-state index is 3.67. The van der Waals surface area contributed by atoms with Crippen molar-refractivity contribution in [3.8, 4) is 11.1 Å². The van der Waals surface area contributed by atoms with E-state index < -0.39 is 0 Å². The zero-order valence-corrected chi connectivity index (χ0v) is 17.0. The van der Waals surface area contributed by atoms with Crippen molar-refractivity contribution in [2.45, 2.75) is 0 Å². The number of hydrogen-bond donors (Lipinski definition) is 1. The second-order valence-corrected chi connectivity index (χ2v) is 8.90. The van der Waals surface area contributed by atoms with Gasteiger partial charge in [0.2, 0.25) is 0 Å². The molecule has 1 N–H and O–H groups in total. The molecule has 2 aromatic heterocycles. The van der Waals surface area contributed by atoms with Crippen molar-refractivity contribution in [1.29, 1.82) is 0 Å². The lowest BCUT2D eigenvalue weighted by Gasteiger charge is -2.08. The number of thiophene rings is 1. The highest BCUT2D eigenvalue weighted by Crippen LogP contribution is 2.47. The van der Waals surface area contributed by atoms with Crippen LogP contribution in [0.1, 0.15) is 0 Å². The summed E-state index contributed by atoms with van der Waals surface area (Å²) >= 11 is 1.91. The van der Waals surface area contributed by atoms with Gasteiger partial charge < -0.3 is 4.98 Å². The molecule has 7 rings (SSSR count). The molecule has 0 fully saturated rings. The molecule has 0 saturated carbocycles. The van der Waals surface area contributed by atoms with Crippen LogP contribution in [0.15, 0.2) is 97.1 Å². The highest BCUT2D eigenvalue weighted by Gasteiger charge is 2.18. The molecule has 0 aliphatic carbocycles. The largest absolute Gasteiger partial charge is 0.354 e. The van der Waals surface area contributed by atoms with Crippen LogP contribution >= 0.6 is 11.3 Å². The first-order valence-electron chi connectivity index (χ1n) is 10.2. The molecule has 0 aliphatic rings. The number of nitrogens with one attached hydrogen (secondary N) is 1. The second kappa shape index (κ2) is 5.94. The maximum absolute atomic E-state index is 3.67. The summed E-state index contributed by atoms with van der Waals surface area (Å²) in [5, 5.41) is 8.01. The summed E-state index contributed by atoms with van der Waals surface area (Å²) in [7, 11) is 0. The fraction of sp³-hybridized carbons (Fsp3) is 0. The molecule has 7 aromatic rings. The quantitative estimate of drug-likeness (QED) is 0.285. The van der Waals surface area contributed by atoms with E-state index in [1.54, 1.807) is 0 Å². The molecular weight excluding hydrogens is 382 g/mol. The van der Waals surface area contributed by atoms with Crippen LogP contribution in [-0.2, 0) is 0 Å². The molecular formula is C28H17NS. The summed E-state index contributed by atoms with van der Waals surface area (Å²) in [6, 6.07) is 35.1. The predicted molar refractivity (Wildman–Crippen MR) is 132 cm³/mol. The summed E-state index contributed by atoms with van der Waals surface area (Å²) in [5.74, 6) is 0. The smallest absolute Gasteiger partial charge is 0.0485 e. The Kier molecular flexibility index (Phi) is 3.21. The van der Waals surface area contributed by atoms with E-state index in [0.717, 1.165) is 0 Å². The van der Waals surface area contributed by atoms with Gasteiger partial charge in [-0.1, -0.05) is 78.9 Å². The minimum atomic E-state index is 1.20. The summed E-state index contributed by atoms with van der Waals surface area (Å²) in [6.07, 6.45) is 0. The SMILES string of the molecule is c1ccc(-c2cc3[nH]c4ccccc4c3c3sc4ccc5ccccc5c4c23)cc1. The van der Waals surface area contributed by atoms with Gasteiger partial charge in [-0.3, -0.25) is 0 Å². The molecule has 0 saturated heterocycles. The van der Waals surface area contributed by atoms with Crippen LogP contribution in [-0.4, -0.2) is 4.98 Å². The van der Waals surface area contributed by atoms with E-state index in [2.05, 4.69) is 102 Å². The van der Waals surface area contributed by atoms with Gasteiger partial charge in [-0.2, -0.15) is 0 Å². The maximum Gasteiger partial charge on any atom is 0.0485 e. The number of aromatic amines is 1. The third-order valence-electron chi connectivity index (χ3n) is 6.18. The van der Waals surface area contributed by atoms with Crippen molar-refractivity contribution in [1.82, 2.24) is 4.98 Å². The molecule has 0 unspecified atom stereocenters. The zero-order chi connectivity index (χ0) is 19.7.